The van der Waals surface area contributed by atoms with E-state index in [0.29, 0.717) is 11.5 Å². The topological polar surface area (TPSA) is 72.3 Å². The molecule has 2 aromatic heterocycles. The Bertz CT molecular complexity index is 1080. The highest BCUT2D eigenvalue weighted by Gasteiger charge is 2.28. The van der Waals surface area contributed by atoms with Gasteiger partial charge >= 0.3 is 0 Å². The van der Waals surface area contributed by atoms with E-state index in [-0.39, 0.29) is 5.91 Å². The number of anilines is 1. The molecule has 1 saturated heterocycles. The molecule has 1 aliphatic carbocycles. The van der Waals surface area contributed by atoms with Gasteiger partial charge in [0.15, 0.2) is 5.65 Å². The number of ether oxygens (including phenoxy) is 1. The number of carbonyl (C=O) groups is 1. The first-order valence-corrected chi connectivity index (χ1v) is 10.6. The summed E-state index contributed by atoms with van der Waals surface area (Å²) in [5, 5.41) is 8.39. The Morgan fingerprint density at radius 1 is 1.20 bits per heavy atom. The van der Waals surface area contributed by atoms with Crippen LogP contribution in [-0.2, 0) is 18.3 Å². The van der Waals surface area contributed by atoms with E-state index in [1.807, 2.05) is 32.2 Å². The van der Waals surface area contributed by atoms with E-state index in [1.54, 1.807) is 4.68 Å². The second kappa shape index (κ2) is 7.81. The molecule has 0 atom stereocenters. The molecule has 1 aliphatic heterocycles. The van der Waals surface area contributed by atoms with E-state index in [1.165, 1.54) is 5.56 Å². The largest absolute Gasteiger partial charge is 0.379 e. The van der Waals surface area contributed by atoms with Crippen molar-refractivity contribution >= 4 is 22.6 Å². The number of aromatic nitrogens is 3. The molecule has 7 heteroatoms. The maximum Gasteiger partial charge on any atom is 0.256 e. The van der Waals surface area contributed by atoms with Gasteiger partial charge in [0.1, 0.15) is 0 Å². The molecule has 1 N–H and O–H groups in total. The Kier molecular flexibility index (Phi) is 5.00. The molecule has 1 aromatic carbocycles. The number of aryl methyl sites for hydroxylation is 2. The van der Waals surface area contributed by atoms with E-state index < -0.39 is 0 Å². The van der Waals surface area contributed by atoms with Crippen molar-refractivity contribution in [1.82, 2.24) is 19.7 Å². The monoisotopic (exact) mass is 405 g/mol. The average molecular weight is 406 g/mol. The van der Waals surface area contributed by atoms with Crippen molar-refractivity contribution in [3.8, 4) is 0 Å². The van der Waals surface area contributed by atoms with Gasteiger partial charge in [-0.25, -0.2) is 4.98 Å². The summed E-state index contributed by atoms with van der Waals surface area (Å²) in [4.78, 5) is 20.4. The number of amides is 1. The molecule has 156 valence electrons. The second-order valence-electron chi connectivity index (χ2n) is 8.32. The van der Waals surface area contributed by atoms with Gasteiger partial charge in [0.05, 0.1) is 29.9 Å². The molecular weight excluding hydrogens is 378 g/mol. The molecule has 2 fully saturated rings. The first-order chi connectivity index (χ1) is 14.6. The fourth-order valence-electron chi connectivity index (χ4n) is 4.14. The van der Waals surface area contributed by atoms with E-state index in [2.05, 4.69) is 27.4 Å². The van der Waals surface area contributed by atoms with Crippen LogP contribution in [-0.4, -0.2) is 51.9 Å². The number of fused-ring (bicyclic) bond motifs is 1. The van der Waals surface area contributed by atoms with Gasteiger partial charge in [-0.1, -0.05) is 12.1 Å². The second-order valence-corrected chi connectivity index (χ2v) is 8.32. The molecule has 30 heavy (non-hydrogen) atoms. The molecule has 0 unspecified atom stereocenters. The number of nitrogens with one attached hydrogen (secondary N) is 1. The van der Waals surface area contributed by atoms with Crippen molar-refractivity contribution in [2.45, 2.75) is 32.2 Å². The van der Waals surface area contributed by atoms with Crippen molar-refractivity contribution in [3.05, 3.63) is 52.8 Å². The lowest BCUT2D eigenvalue weighted by Gasteiger charge is -2.26. The molecule has 7 nitrogen and oxygen atoms in total. The zero-order valence-electron chi connectivity index (χ0n) is 17.5. The van der Waals surface area contributed by atoms with Gasteiger partial charge in [-0.05, 0) is 43.5 Å². The molecule has 1 saturated carbocycles. The molecule has 3 aromatic rings. The van der Waals surface area contributed by atoms with Crippen molar-refractivity contribution in [3.63, 3.8) is 0 Å². The van der Waals surface area contributed by atoms with Crippen LogP contribution in [0.3, 0.4) is 0 Å². The van der Waals surface area contributed by atoms with Gasteiger partial charge in [0.2, 0.25) is 0 Å². The van der Waals surface area contributed by atoms with Gasteiger partial charge in [-0.3, -0.25) is 14.4 Å². The normalized spacial score (nSPS) is 17.4. The van der Waals surface area contributed by atoms with Gasteiger partial charge in [0, 0.05) is 44.0 Å². The summed E-state index contributed by atoms with van der Waals surface area (Å²) >= 11 is 0. The van der Waals surface area contributed by atoms with Crippen molar-refractivity contribution in [2.24, 2.45) is 7.05 Å². The van der Waals surface area contributed by atoms with Crippen LogP contribution in [0, 0.1) is 6.92 Å². The maximum atomic E-state index is 13.2. The lowest BCUT2D eigenvalue weighted by atomic mass is 10.1. The standard InChI is InChI=1S/C23H27N5O2/c1-15-21-19(13-20(17-5-6-17)25-22(21)27(2)26-15)23(29)24-18-7-3-16(4-8-18)14-28-9-11-30-12-10-28/h3-4,7-8,13,17H,5-6,9-12,14H2,1-2H3,(H,24,29). The van der Waals surface area contributed by atoms with E-state index in [0.717, 1.165) is 73.8 Å². The SMILES string of the molecule is Cc1nn(C)c2nc(C3CC3)cc(C(=O)Nc3ccc(CN4CCOCC4)cc3)c12. The maximum absolute atomic E-state index is 13.2. The number of nitrogens with zero attached hydrogens (tertiary/aromatic N) is 4. The molecule has 0 radical (unpaired) electrons. The minimum atomic E-state index is -0.110. The minimum Gasteiger partial charge on any atom is -0.379 e. The summed E-state index contributed by atoms with van der Waals surface area (Å²) in [6.45, 7) is 6.35. The number of rotatable bonds is 5. The van der Waals surface area contributed by atoms with Crippen molar-refractivity contribution < 1.29 is 9.53 Å². The average Bonchev–Trinajstić information content (AvgIpc) is 3.56. The first-order valence-electron chi connectivity index (χ1n) is 10.6. The third-order valence-electron chi connectivity index (χ3n) is 5.95. The molecular formula is C23H27N5O2. The number of benzene rings is 1. The van der Waals surface area contributed by atoms with Crippen LogP contribution in [0.15, 0.2) is 30.3 Å². The highest BCUT2D eigenvalue weighted by Crippen LogP contribution is 2.40. The quantitative estimate of drug-likeness (QED) is 0.706. The van der Waals surface area contributed by atoms with Crippen LogP contribution in [0.1, 0.15) is 46.1 Å². The van der Waals surface area contributed by atoms with Crippen LogP contribution in [0.25, 0.3) is 11.0 Å². The summed E-state index contributed by atoms with van der Waals surface area (Å²) in [6, 6.07) is 10.1. The minimum absolute atomic E-state index is 0.110. The third-order valence-corrected chi connectivity index (χ3v) is 5.95. The van der Waals surface area contributed by atoms with Gasteiger partial charge in [-0.15, -0.1) is 0 Å². The predicted molar refractivity (Wildman–Crippen MR) is 116 cm³/mol. The Labute approximate surface area is 176 Å². The van der Waals surface area contributed by atoms with Gasteiger partial charge < -0.3 is 10.1 Å². The molecule has 3 heterocycles. The number of carbonyl (C=O) groups excluding carboxylic acids is 1. The Balaban J connectivity index is 1.36. The lowest BCUT2D eigenvalue weighted by molar-refractivity contribution is 0.0342. The van der Waals surface area contributed by atoms with E-state index in [9.17, 15) is 4.79 Å². The van der Waals surface area contributed by atoms with Gasteiger partial charge in [-0.2, -0.15) is 5.10 Å². The van der Waals surface area contributed by atoms with Gasteiger partial charge in [0.25, 0.3) is 5.91 Å². The van der Waals surface area contributed by atoms with E-state index >= 15 is 0 Å². The number of hydrogen-bond acceptors (Lipinski definition) is 5. The van der Waals surface area contributed by atoms with Crippen LogP contribution in [0.5, 0.6) is 0 Å². The van der Waals surface area contributed by atoms with Crippen LogP contribution in [0.2, 0.25) is 0 Å². The first kappa shape index (κ1) is 19.2. The van der Waals surface area contributed by atoms with Crippen molar-refractivity contribution in [1.29, 1.82) is 0 Å². The molecule has 2 aliphatic rings. The summed E-state index contributed by atoms with van der Waals surface area (Å²) < 4.78 is 7.18. The van der Waals surface area contributed by atoms with Crippen LogP contribution < -0.4 is 5.32 Å². The molecule has 1 amide bonds. The number of morpholine rings is 1. The third kappa shape index (κ3) is 3.82. The summed E-state index contributed by atoms with van der Waals surface area (Å²) in [5.41, 5.74) is 5.29. The Morgan fingerprint density at radius 3 is 2.63 bits per heavy atom. The molecule has 5 rings (SSSR count). The number of pyridine rings is 1. The highest BCUT2D eigenvalue weighted by atomic mass is 16.5. The smallest absolute Gasteiger partial charge is 0.256 e. The van der Waals surface area contributed by atoms with Crippen molar-refractivity contribution in [2.75, 3.05) is 31.6 Å². The Morgan fingerprint density at radius 2 is 1.93 bits per heavy atom. The molecule has 0 spiro atoms. The highest BCUT2D eigenvalue weighted by molar-refractivity contribution is 6.12. The van der Waals surface area contributed by atoms with E-state index in [4.69, 9.17) is 9.72 Å². The van der Waals surface area contributed by atoms with Crippen LogP contribution >= 0.6 is 0 Å². The lowest BCUT2D eigenvalue weighted by Crippen LogP contribution is -2.35. The Hall–Kier alpha value is -2.77. The summed E-state index contributed by atoms with van der Waals surface area (Å²) in [5.74, 6) is 0.358. The number of hydrogen-bond donors (Lipinski definition) is 1. The fraction of sp³-hybridized carbons (Fsp3) is 0.435. The fourth-order valence-corrected chi connectivity index (χ4v) is 4.14. The predicted octanol–water partition coefficient (Wildman–Crippen LogP) is 3.24. The zero-order chi connectivity index (χ0) is 20.7. The molecule has 0 bridgehead atoms. The summed E-state index contributed by atoms with van der Waals surface area (Å²) in [6.07, 6.45) is 2.28. The van der Waals surface area contributed by atoms with Crippen LogP contribution in [0.4, 0.5) is 5.69 Å². The zero-order valence-corrected chi connectivity index (χ0v) is 17.5. The summed E-state index contributed by atoms with van der Waals surface area (Å²) in [7, 11) is 1.88.